The van der Waals surface area contributed by atoms with Crippen molar-refractivity contribution < 1.29 is 69.1 Å². The van der Waals surface area contributed by atoms with Crippen molar-refractivity contribution in [3.05, 3.63) is 18.2 Å². The minimum atomic E-state index is -4.94. The molecule has 0 radical (unpaired) electrons. The first-order chi connectivity index (χ1) is 6.57. The van der Waals surface area contributed by atoms with E-state index in [0.29, 0.717) is 18.8 Å². The number of hydrogen-bond donors (Lipinski definition) is 1. The number of ether oxygens (including phenoxy) is 1. The van der Waals surface area contributed by atoms with Gasteiger partial charge in [-0.2, -0.15) is 0 Å². The Morgan fingerprint density at radius 3 is 2.67 bits per heavy atom. The summed E-state index contributed by atoms with van der Waals surface area (Å²) in [6.07, 6.45) is 0. The summed E-state index contributed by atoms with van der Waals surface area (Å²) in [4.78, 5) is 0. The van der Waals surface area contributed by atoms with E-state index in [1.165, 1.54) is 6.07 Å². The van der Waals surface area contributed by atoms with Crippen molar-refractivity contribution in [2.24, 2.45) is 0 Å². The molecule has 0 saturated carbocycles. The van der Waals surface area contributed by atoms with E-state index >= 15 is 0 Å². The summed E-state index contributed by atoms with van der Waals surface area (Å²) in [5.74, 6) is 0.285. The summed E-state index contributed by atoms with van der Waals surface area (Å²) < 4.78 is 42.1. The first-order valence-corrected chi connectivity index (χ1v) is 4.28. The molecule has 15 heavy (non-hydrogen) atoms. The minimum Gasteiger partial charge on any atom is -0.490 e. The smallest absolute Gasteiger partial charge is 0.490 e. The van der Waals surface area contributed by atoms with Crippen LogP contribution in [0.1, 0.15) is 0 Å². The Balaban J connectivity index is 0.00000112. The van der Waals surface area contributed by atoms with Gasteiger partial charge in [0.25, 0.3) is 0 Å². The van der Waals surface area contributed by atoms with E-state index in [4.69, 9.17) is 4.74 Å². The van der Waals surface area contributed by atoms with Gasteiger partial charge in [-0.15, -0.1) is 5.46 Å². The molecule has 2 nitrogen and oxygen atoms in total. The molecule has 1 aromatic carbocycles. The molecule has 1 aliphatic heterocycles. The van der Waals surface area contributed by atoms with Crippen LogP contribution in [0.15, 0.2) is 18.2 Å². The van der Waals surface area contributed by atoms with Gasteiger partial charge in [-0.05, 0) is 12.1 Å². The average Bonchev–Trinajstić information content (AvgIpc) is 2.16. The summed E-state index contributed by atoms with van der Waals surface area (Å²) in [5, 5.41) is 2.96. The third-order valence-corrected chi connectivity index (χ3v) is 2.06. The zero-order chi connectivity index (χ0) is 10.2. The van der Waals surface area contributed by atoms with Crippen LogP contribution in [0, 0.1) is 0 Å². The van der Waals surface area contributed by atoms with Crippen LogP contribution in [0.2, 0.25) is 0 Å². The van der Waals surface area contributed by atoms with Gasteiger partial charge in [-0.1, -0.05) is 6.07 Å². The standard InChI is InChI=1S/C8H8BF3NO.K/c10-9(11,12)6-1-2-7-8(5-6)14-4-3-13-7;/h1-2,5,13H,3-4H2;/q-1;+1. The average molecular weight is 241 g/mol. The van der Waals surface area contributed by atoms with Crippen molar-refractivity contribution >= 4 is 18.1 Å². The summed E-state index contributed by atoms with van der Waals surface area (Å²) in [7, 11) is 0. The van der Waals surface area contributed by atoms with Gasteiger partial charge in [0.1, 0.15) is 12.4 Å². The molecule has 1 heterocycles. The molecule has 0 unspecified atom stereocenters. The summed E-state index contributed by atoms with van der Waals surface area (Å²) >= 11 is 0. The quantitative estimate of drug-likeness (QED) is 0.607. The molecule has 0 saturated heterocycles. The Labute approximate surface area is 128 Å². The largest absolute Gasteiger partial charge is 1.00 e. The van der Waals surface area contributed by atoms with Crippen LogP contribution in [-0.4, -0.2) is 20.1 Å². The summed E-state index contributed by atoms with van der Waals surface area (Å²) in [6, 6.07) is 3.51. The van der Waals surface area contributed by atoms with Crippen LogP contribution in [-0.2, 0) is 0 Å². The molecule has 1 aliphatic rings. The van der Waals surface area contributed by atoms with E-state index < -0.39 is 12.4 Å². The van der Waals surface area contributed by atoms with Crippen LogP contribution in [0.4, 0.5) is 18.6 Å². The van der Waals surface area contributed by atoms with Crippen molar-refractivity contribution in [2.45, 2.75) is 0 Å². The van der Waals surface area contributed by atoms with Crippen molar-refractivity contribution in [3.8, 4) is 5.75 Å². The molecule has 0 spiro atoms. The zero-order valence-electron chi connectivity index (χ0n) is 8.27. The number of halogens is 3. The summed E-state index contributed by atoms with van der Waals surface area (Å²) in [5.41, 5.74) is 0.00694. The van der Waals surface area contributed by atoms with Crippen molar-refractivity contribution in [3.63, 3.8) is 0 Å². The third kappa shape index (κ3) is 3.13. The number of hydrogen-bond acceptors (Lipinski definition) is 2. The zero-order valence-corrected chi connectivity index (χ0v) is 11.4. The van der Waals surface area contributed by atoms with Crippen LogP contribution in [0.5, 0.6) is 5.75 Å². The molecule has 0 fully saturated rings. The van der Waals surface area contributed by atoms with Gasteiger partial charge in [0, 0.05) is 6.54 Å². The molecule has 7 heteroatoms. The number of anilines is 1. The molecule has 1 N–H and O–H groups in total. The van der Waals surface area contributed by atoms with Crippen LogP contribution in [0.3, 0.4) is 0 Å². The van der Waals surface area contributed by atoms with E-state index in [1.54, 1.807) is 0 Å². The predicted octanol–water partition coefficient (Wildman–Crippen LogP) is -1.45. The molecule has 2 rings (SSSR count). The minimum absolute atomic E-state index is 0. The van der Waals surface area contributed by atoms with Crippen molar-refractivity contribution in [2.75, 3.05) is 18.5 Å². The Kier molecular flexibility index (Phi) is 4.54. The Morgan fingerprint density at radius 1 is 1.27 bits per heavy atom. The molecule has 1 aromatic rings. The monoisotopic (exact) mass is 241 g/mol. The molecular formula is C8H8BF3KNO. The maximum atomic E-state index is 12.3. The number of benzene rings is 1. The molecule has 0 aliphatic carbocycles. The fraction of sp³-hybridized carbons (Fsp3) is 0.250. The van der Waals surface area contributed by atoms with Gasteiger partial charge in [0.15, 0.2) is 0 Å². The Bertz CT molecular complexity index is 358. The fourth-order valence-corrected chi connectivity index (χ4v) is 1.35. The number of nitrogens with one attached hydrogen (secondary N) is 1. The second-order valence-electron chi connectivity index (χ2n) is 3.11. The number of fused-ring (bicyclic) bond motifs is 1. The van der Waals surface area contributed by atoms with Gasteiger partial charge in [0.2, 0.25) is 0 Å². The maximum absolute atomic E-state index is 12.3. The van der Waals surface area contributed by atoms with Gasteiger partial charge < -0.3 is 23.0 Å². The molecule has 76 valence electrons. The third-order valence-electron chi connectivity index (χ3n) is 2.06. The Morgan fingerprint density at radius 2 is 2.00 bits per heavy atom. The van der Waals surface area contributed by atoms with E-state index in [-0.39, 0.29) is 57.1 Å². The van der Waals surface area contributed by atoms with Gasteiger partial charge in [-0.25, -0.2) is 0 Å². The molecular weight excluding hydrogens is 233 g/mol. The molecule has 0 aromatic heterocycles. The summed E-state index contributed by atoms with van der Waals surface area (Å²) in [6.45, 7) is -3.90. The molecule has 0 atom stereocenters. The second-order valence-corrected chi connectivity index (χ2v) is 3.11. The first kappa shape index (κ1) is 13.4. The van der Waals surface area contributed by atoms with Crippen LogP contribution >= 0.6 is 0 Å². The van der Waals surface area contributed by atoms with E-state index in [1.807, 2.05) is 0 Å². The van der Waals surface area contributed by atoms with E-state index in [9.17, 15) is 12.9 Å². The Hall–Kier alpha value is 0.311. The van der Waals surface area contributed by atoms with Gasteiger partial charge >= 0.3 is 58.4 Å². The van der Waals surface area contributed by atoms with Crippen molar-refractivity contribution in [1.29, 1.82) is 0 Å². The van der Waals surface area contributed by atoms with Crippen LogP contribution in [0.25, 0.3) is 0 Å². The van der Waals surface area contributed by atoms with Crippen LogP contribution < -0.4 is 66.9 Å². The van der Waals surface area contributed by atoms with E-state index in [2.05, 4.69) is 5.32 Å². The maximum Gasteiger partial charge on any atom is 1.00 e. The van der Waals surface area contributed by atoms with Crippen molar-refractivity contribution in [1.82, 2.24) is 0 Å². The second kappa shape index (κ2) is 5.09. The molecule has 0 bridgehead atoms. The van der Waals surface area contributed by atoms with Gasteiger partial charge in [0.05, 0.1) is 5.69 Å². The topological polar surface area (TPSA) is 21.3 Å². The van der Waals surface area contributed by atoms with E-state index in [0.717, 1.165) is 12.1 Å². The normalized spacial score (nSPS) is 14.3. The predicted molar refractivity (Wildman–Crippen MR) is 49.1 cm³/mol. The van der Waals surface area contributed by atoms with Gasteiger partial charge in [-0.3, -0.25) is 0 Å². The first-order valence-electron chi connectivity index (χ1n) is 4.28. The SMILES string of the molecule is F[B-](F)(F)c1ccc2c(c1)OCCN2.[K+]. The fourth-order valence-electron chi connectivity index (χ4n) is 1.35. The molecule has 0 amide bonds. The number of rotatable bonds is 1.